The minimum Gasteiger partial charge on any atom is -0.379 e. The molecule has 0 unspecified atom stereocenters. The number of nitriles is 1. The maximum absolute atomic E-state index is 12.5. The number of carbonyl (C=O) groups excluding carboxylic acids is 1. The Hall–Kier alpha value is -3.76. The molecule has 0 fully saturated rings. The van der Waals surface area contributed by atoms with E-state index >= 15 is 0 Å². The Kier molecular flexibility index (Phi) is 7.68. The highest BCUT2D eigenvalue weighted by molar-refractivity contribution is 6.02. The summed E-state index contributed by atoms with van der Waals surface area (Å²) in [6.07, 6.45) is 7.58. The van der Waals surface area contributed by atoms with Gasteiger partial charge in [-0.25, -0.2) is 4.68 Å². The average Bonchev–Trinajstić information content (AvgIpc) is 3.22. The van der Waals surface area contributed by atoms with Gasteiger partial charge in [-0.15, -0.1) is 0 Å². The Labute approximate surface area is 182 Å². The van der Waals surface area contributed by atoms with Gasteiger partial charge in [0.2, 0.25) is 0 Å². The van der Waals surface area contributed by atoms with Crippen LogP contribution in [-0.2, 0) is 9.53 Å². The molecule has 1 aromatic carbocycles. The number of rotatable bonds is 9. The third-order valence-corrected chi connectivity index (χ3v) is 4.44. The number of benzene rings is 1. The normalized spacial score (nSPS) is 11.4. The summed E-state index contributed by atoms with van der Waals surface area (Å²) in [7, 11) is 0. The molecule has 158 valence electrons. The Bertz CT molecular complexity index is 1070. The van der Waals surface area contributed by atoms with Crippen LogP contribution in [0.3, 0.4) is 0 Å². The van der Waals surface area contributed by atoms with Crippen LogP contribution in [0.25, 0.3) is 23.0 Å². The van der Waals surface area contributed by atoms with Crippen molar-refractivity contribution in [3.8, 4) is 23.0 Å². The van der Waals surface area contributed by atoms with Crippen LogP contribution in [0, 0.1) is 11.3 Å². The van der Waals surface area contributed by atoms with Crippen LogP contribution in [0.15, 0.2) is 66.6 Å². The predicted molar refractivity (Wildman–Crippen MR) is 119 cm³/mol. The van der Waals surface area contributed by atoms with E-state index in [1.807, 2.05) is 68.6 Å². The van der Waals surface area contributed by atoms with Crippen molar-refractivity contribution >= 4 is 12.0 Å². The van der Waals surface area contributed by atoms with Crippen molar-refractivity contribution in [3.05, 3.63) is 72.2 Å². The molecule has 0 bridgehead atoms. The van der Waals surface area contributed by atoms with Crippen LogP contribution in [0.4, 0.5) is 0 Å². The van der Waals surface area contributed by atoms with Crippen molar-refractivity contribution in [1.82, 2.24) is 20.1 Å². The molecule has 0 saturated heterocycles. The van der Waals surface area contributed by atoms with E-state index in [9.17, 15) is 10.1 Å². The molecule has 31 heavy (non-hydrogen) atoms. The van der Waals surface area contributed by atoms with Crippen molar-refractivity contribution < 1.29 is 9.53 Å². The Morgan fingerprint density at radius 3 is 2.65 bits per heavy atom. The fourth-order valence-corrected chi connectivity index (χ4v) is 2.93. The number of pyridine rings is 1. The highest BCUT2D eigenvalue weighted by Gasteiger charge is 2.15. The summed E-state index contributed by atoms with van der Waals surface area (Å²) in [6, 6.07) is 15.4. The molecule has 0 radical (unpaired) electrons. The van der Waals surface area contributed by atoms with Gasteiger partial charge in [-0.05, 0) is 50.6 Å². The number of hydrogen-bond acceptors (Lipinski definition) is 5. The number of carbonyl (C=O) groups is 1. The van der Waals surface area contributed by atoms with Gasteiger partial charge < -0.3 is 10.1 Å². The first-order valence-corrected chi connectivity index (χ1v) is 10.2. The molecule has 0 saturated carbocycles. The van der Waals surface area contributed by atoms with E-state index in [4.69, 9.17) is 4.74 Å². The Morgan fingerprint density at radius 2 is 1.97 bits per heavy atom. The molecule has 7 heteroatoms. The summed E-state index contributed by atoms with van der Waals surface area (Å²) in [5.41, 5.74) is 3.08. The molecule has 0 aliphatic heterocycles. The maximum Gasteiger partial charge on any atom is 0.261 e. The molecule has 3 rings (SSSR count). The number of nitrogens with one attached hydrogen (secondary N) is 1. The van der Waals surface area contributed by atoms with Gasteiger partial charge >= 0.3 is 0 Å². The number of nitrogens with zero attached hydrogens (tertiary/aromatic N) is 4. The van der Waals surface area contributed by atoms with Gasteiger partial charge in [0.25, 0.3) is 5.91 Å². The molecule has 2 aromatic heterocycles. The highest BCUT2D eigenvalue weighted by Crippen LogP contribution is 2.25. The van der Waals surface area contributed by atoms with Crippen molar-refractivity contribution in [2.75, 3.05) is 13.2 Å². The van der Waals surface area contributed by atoms with Gasteiger partial charge in [0, 0.05) is 42.9 Å². The van der Waals surface area contributed by atoms with Gasteiger partial charge in [0.15, 0.2) is 0 Å². The van der Waals surface area contributed by atoms with Crippen molar-refractivity contribution in [2.24, 2.45) is 0 Å². The number of ether oxygens (including phenoxy) is 1. The Balaban J connectivity index is 1.85. The van der Waals surface area contributed by atoms with E-state index in [1.54, 1.807) is 23.2 Å². The van der Waals surface area contributed by atoms with Crippen LogP contribution in [0.2, 0.25) is 0 Å². The molecule has 2 heterocycles. The monoisotopic (exact) mass is 415 g/mol. The lowest BCUT2D eigenvalue weighted by Gasteiger charge is -2.08. The van der Waals surface area contributed by atoms with Crippen molar-refractivity contribution in [2.45, 2.75) is 26.4 Å². The van der Waals surface area contributed by atoms with E-state index in [0.29, 0.717) is 30.8 Å². The molecular weight excluding hydrogens is 390 g/mol. The van der Waals surface area contributed by atoms with Crippen LogP contribution < -0.4 is 5.32 Å². The number of hydrogen-bond donors (Lipinski definition) is 1. The SMILES string of the molecule is CC(C)OCCCNC(=O)/C(C#N)=C\c1cn(-c2ccccc2)nc1-c1ccncc1. The van der Waals surface area contributed by atoms with Gasteiger partial charge in [-0.1, -0.05) is 18.2 Å². The standard InChI is InChI=1S/C24H25N5O2/c1-18(2)31-14-6-11-27-24(30)20(16-25)15-21-17-29(22-7-4-3-5-8-22)28-23(21)19-9-12-26-13-10-19/h3-5,7-10,12-13,15,17-18H,6,11,14H2,1-2H3,(H,27,30)/b20-15-. The largest absolute Gasteiger partial charge is 0.379 e. The fourth-order valence-electron chi connectivity index (χ4n) is 2.93. The van der Waals surface area contributed by atoms with Gasteiger partial charge in [0.1, 0.15) is 17.3 Å². The first-order chi connectivity index (χ1) is 15.1. The molecule has 0 atom stereocenters. The third-order valence-electron chi connectivity index (χ3n) is 4.44. The van der Waals surface area contributed by atoms with E-state index in [0.717, 1.165) is 11.3 Å². The summed E-state index contributed by atoms with van der Waals surface area (Å²) in [5, 5.41) is 17.0. The molecular formula is C24H25N5O2. The molecule has 0 spiro atoms. The molecule has 1 amide bonds. The van der Waals surface area contributed by atoms with Crippen molar-refractivity contribution in [1.29, 1.82) is 5.26 Å². The van der Waals surface area contributed by atoms with E-state index in [1.165, 1.54) is 0 Å². The second-order valence-electron chi connectivity index (χ2n) is 7.15. The Morgan fingerprint density at radius 1 is 1.23 bits per heavy atom. The van der Waals surface area contributed by atoms with Crippen LogP contribution in [-0.4, -0.2) is 39.9 Å². The van der Waals surface area contributed by atoms with Crippen molar-refractivity contribution in [3.63, 3.8) is 0 Å². The summed E-state index contributed by atoms with van der Waals surface area (Å²) in [6.45, 7) is 4.92. The minimum absolute atomic E-state index is 0.0210. The summed E-state index contributed by atoms with van der Waals surface area (Å²) < 4.78 is 7.20. The number of para-hydroxylation sites is 1. The predicted octanol–water partition coefficient (Wildman–Crippen LogP) is 3.77. The van der Waals surface area contributed by atoms with Crippen LogP contribution in [0.1, 0.15) is 25.8 Å². The molecule has 0 aliphatic carbocycles. The molecule has 0 aliphatic rings. The second-order valence-corrected chi connectivity index (χ2v) is 7.15. The molecule has 3 aromatic rings. The van der Waals surface area contributed by atoms with E-state index in [-0.39, 0.29) is 11.7 Å². The van der Waals surface area contributed by atoms with Crippen LogP contribution >= 0.6 is 0 Å². The zero-order valence-electron chi connectivity index (χ0n) is 17.7. The van der Waals surface area contributed by atoms with Gasteiger partial charge in [0.05, 0.1) is 11.8 Å². The van der Waals surface area contributed by atoms with E-state index in [2.05, 4.69) is 15.4 Å². The minimum atomic E-state index is -0.416. The first kappa shape index (κ1) is 21.9. The zero-order chi connectivity index (χ0) is 22.1. The summed E-state index contributed by atoms with van der Waals surface area (Å²) in [4.78, 5) is 16.6. The lowest BCUT2D eigenvalue weighted by molar-refractivity contribution is -0.117. The lowest BCUT2D eigenvalue weighted by atomic mass is 10.1. The maximum atomic E-state index is 12.5. The van der Waals surface area contributed by atoms with Crippen LogP contribution in [0.5, 0.6) is 0 Å². The average molecular weight is 415 g/mol. The zero-order valence-corrected chi connectivity index (χ0v) is 17.7. The number of amides is 1. The van der Waals surface area contributed by atoms with E-state index < -0.39 is 5.91 Å². The molecule has 1 N–H and O–H groups in total. The third kappa shape index (κ3) is 6.11. The fraction of sp³-hybridized carbons (Fsp3) is 0.250. The first-order valence-electron chi connectivity index (χ1n) is 10.2. The highest BCUT2D eigenvalue weighted by atomic mass is 16.5. The lowest BCUT2D eigenvalue weighted by Crippen LogP contribution is -2.26. The second kappa shape index (κ2) is 10.9. The summed E-state index contributed by atoms with van der Waals surface area (Å²) >= 11 is 0. The topological polar surface area (TPSA) is 92.8 Å². The van der Waals surface area contributed by atoms with Gasteiger partial charge in [-0.2, -0.15) is 10.4 Å². The van der Waals surface area contributed by atoms with Gasteiger partial charge in [-0.3, -0.25) is 9.78 Å². The number of aromatic nitrogens is 3. The smallest absolute Gasteiger partial charge is 0.261 e. The summed E-state index contributed by atoms with van der Waals surface area (Å²) in [5.74, 6) is -0.416. The quantitative estimate of drug-likeness (QED) is 0.326. The molecule has 7 nitrogen and oxygen atoms in total.